The first-order valence-electron chi connectivity index (χ1n) is 2.58. The van der Waals surface area contributed by atoms with Crippen LogP contribution in [-0.2, 0) is 4.74 Å². The fourth-order valence-electron chi connectivity index (χ4n) is 0.687. The summed E-state index contributed by atoms with van der Waals surface area (Å²) in [5.74, 6) is 0. The summed E-state index contributed by atoms with van der Waals surface area (Å²) in [4.78, 5) is 0. The maximum absolute atomic E-state index is 5.07. The summed E-state index contributed by atoms with van der Waals surface area (Å²) < 4.78 is 5.07. The molecular weight excluding hydrogens is 149 g/mol. The molecule has 0 spiro atoms. The van der Waals surface area contributed by atoms with Crippen LogP contribution in [0.2, 0.25) is 0 Å². The predicted octanol–water partition coefficient (Wildman–Crippen LogP) is -0.265. The Morgan fingerprint density at radius 3 is 1.57 bits per heavy atom. The Bertz CT molecular complexity index is 23.6. The predicted molar refractivity (Wildman–Crippen MR) is 36.0 cm³/mol. The first-order valence-corrected chi connectivity index (χ1v) is 2.58. The molecule has 1 saturated heterocycles. The zero-order chi connectivity index (χ0) is 4.24. The Labute approximate surface area is 55.4 Å². The SMILES string of the molecule is C1CCOCC1.[GeH4]. The average molecular weight is 163 g/mol. The molecule has 2 heteroatoms. The van der Waals surface area contributed by atoms with Crippen molar-refractivity contribution in [3.8, 4) is 0 Å². The van der Waals surface area contributed by atoms with Gasteiger partial charge in [-0.25, -0.2) is 0 Å². The summed E-state index contributed by atoms with van der Waals surface area (Å²) in [5, 5.41) is 0. The summed E-state index contributed by atoms with van der Waals surface area (Å²) in [6.45, 7) is 2.00. The molecule has 1 aliphatic heterocycles. The molecule has 0 aliphatic carbocycles. The quantitative estimate of drug-likeness (QED) is 0.446. The first-order chi connectivity index (χ1) is 3.00. The molecule has 0 amide bonds. The molecule has 0 unspecified atom stereocenters. The monoisotopic (exact) mass is 164 g/mol. The van der Waals surface area contributed by atoms with Gasteiger partial charge in [0.2, 0.25) is 0 Å². The summed E-state index contributed by atoms with van der Waals surface area (Å²) in [7, 11) is 0. The fraction of sp³-hybridized carbons (Fsp3) is 1.00. The van der Waals surface area contributed by atoms with Crippen molar-refractivity contribution in [1.82, 2.24) is 0 Å². The van der Waals surface area contributed by atoms with Gasteiger partial charge in [-0.15, -0.1) is 0 Å². The molecule has 0 bridgehead atoms. The summed E-state index contributed by atoms with van der Waals surface area (Å²) in [5.41, 5.74) is 0. The Kier molecular flexibility index (Phi) is 4.99. The van der Waals surface area contributed by atoms with Crippen molar-refractivity contribution >= 4 is 17.6 Å². The Balaban J connectivity index is 0.000000360. The van der Waals surface area contributed by atoms with Crippen LogP contribution < -0.4 is 0 Å². The van der Waals surface area contributed by atoms with Gasteiger partial charge in [0.15, 0.2) is 0 Å². The summed E-state index contributed by atoms with van der Waals surface area (Å²) in [6, 6.07) is 0. The summed E-state index contributed by atoms with van der Waals surface area (Å²) >= 11 is 0. The van der Waals surface area contributed by atoms with E-state index in [1.54, 1.807) is 0 Å². The van der Waals surface area contributed by atoms with Gasteiger partial charge in [-0.1, -0.05) is 0 Å². The molecule has 0 aromatic carbocycles. The normalized spacial score (nSPS) is 20.6. The van der Waals surface area contributed by atoms with Crippen LogP contribution in [0.15, 0.2) is 0 Å². The third kappa shape index (κ3) is 3.12. The fourth-order valence-corrected chi connectivity index (χ4v) is 0.687. The van der Waals surface area contributed by atoms with Gasteiger partial charge in [0.25, 0.3) is 0 Å². The van der Waals surface area contributed by atoms with E-state index in [-0.39, 0.29) is 17.6 Å². The van der Waals surface area contributed by atoms with Crippen molar-refractivity contribution < 1.29 is 4.74 Å². The van der Waals surface area contributed by atoms with E-state index in [2.05, 4.69) is 0 Å². The van der Waals surface area contributed by atoms with E-state index in [9.17, 15) is 0 Å². The van der Waals surface area contributed by atoms with Crippen LogP contribution in [0.3, 0.4) is 0 Å². The van der Waals surface area contributed by atoms with Gasteiger partial charge in [0, 0.05) is 13.2 Å². The topological polar surface area (TPSA) is 9.23 Å². The van der Waals surface area contributed by atoms with Crippen molar-refractivity contribution in [2.45, 2.75) is 19.3 Å². The molecule has 0 N–H and O–H groups in total. The van der Waals surface area contributed by atoms with E-state index in [0.717, 1.165) is 13.2 Å². The number of rotatable bonds is 0. The van der Waals surface area contributed by atoms with Crippen LogP contribution in [0, 0.1) is 0 Å². The molecule has 1 aliphatic rings. The Morgan fingerprint density at radius 2 is 1.43 bits per heavy atom. The minimum atomic E-state index is 0. The molecule has 0 saturated carbocycles. The molecule has 7 heavy (non-hydrogen) atoms. The van der Waals surface area contributed by atoms with Gasteiger partial charge in [-0.3, -0.25) is 0 Å². The molecular formula is C5H14GeO. The van der Waals surface area contributed by atoms with Crippen LogP contribution in [0.1, 0.15) is 19.3 Å². The third-order valence-electron chi connectivity index (χ3n) is 1.08. The van der Waals surface area contributed by atoms with Crippen molar-refractivity contribution in [1.29, 1.82) is 0 Å². The van der Waals surface area contributed by atoms with E-state index in [4.69, 9.17) is 4.74 Å². The van der Waals surface area contributed by atoms with E-state index in [0.29, 0.717) is 0 Å². The zero-order valence-electron chi connectivity index (χ0n) is 3.94. The van der Waals surface area contributed by atoms with Gasteiger partial charge in [0.05, 0.1) is 0 Å². The van der Waals surface area contributed by atoms with Gasteiger partial charge in [0.1, 0.15) is 0 Å². The molecule has 1 nitrogen and oxygen atoms in total. The van der Waals surface area contributed by atoms with Gasteiger partial charge < -0.3 is 4.74 Å². The van der Waals surface area contributed by atoms with Gasteiger partial charge >= 0.3 is 17.6 Å². The average Bonchev–Trinajstić information content (AvgIpc) is 1.72. The van der Waals surface area contributed by atoms with Crippen LogP contribution in [-0.4, -0.2) is 30.8 Å². The first kappa shape index (κ1) is 7.50. The summed E-state index contributed by atoms with van der Waals surface area (Å²) in [6.07, 6.45) is 3.93. The second-order valence-electron chi connectivity index (χ2n) is 1.67. The van der Waals surface area contributed by atoms with E-state index < -0.39 is 0 Å². The van der Waals surface area contributed by atoms with Crippen LogP contribution in [0.25, 0.3) is 0 Å². The molecule has 44 valence electrons. The number of hydrogen-bond acceptors (Lipinski definition) is 1. The van der Waals surface area contributed by atoms with Crippen molar-refractivity contribution in [3.05, 3.63) is 0 Å². The van der Waals surface area contributed by atoms with Crippen LogP contribution >= 0.6 is 0 Å². The molecule has 0 radical (unpaired) electrons. The molecule has 1 fully saturated rings. The molecule has 1 rings (SSSR count). The van der Waals surface area contributed by atoms with Crippen LogP contribution in [0.4, 0.5) is 0 Å². The molecule has 0 atom stereocenters. The van der Waals surface area contributed by atoms with Gasteiger partial charge in [-0.05, 0) is 19.3 Å². The third-order valence-corrected chi connectivity index (χ3v) is 1.08. The number of ether oxygens (including phenoxy) is 1. The zero-order valence-corrected chi connectivity index (χ0v) is 3.94. The van der Waals surface area contributed by atoms with Crippen LogP contribution in [0.5, 0.6) is 0 Å². The van der Waals surface area contributed by atoms with E-state index >= 15 is 0 Å². The van der Waals surface area contributed by atoms with Crippen molar-refractivity contribution in [2.24, 2.45) is 0 Å². The molecule has 1 heterocycles. The minimum absolute atomic E-state index is 0. The van der Waals surface area contributed by atoms with E-state index in [1.807, 2.05) is 0 Å². The second kappa shape index (κ2) is 4.66. The Morgan fingerprint density at radius 1 is 0.857 bits per heavy atom. The van der Waals surface area contributed by atoms with Gasteiger partial charge in [-0.2, -0.15) is 0 Å². The Hall–Kier alpha value is 0.503. The second-order valence-corrected chi connectivity index (χ2v) is 1.67. The number of hydrogen-bond donors (Lipinski definition) is 0. The molecule has 0 aromatic heterocycles. The van der Waals surface area contributed by atoms with Crippen molar-refractivity contribution in [3.63, 3.8) is 0 Å². The van der Waals surface area contributed by atoms with E-state index in [1.165, 1.54) is 19.3 Å². The van der Waals surface area contributed by atoms with Crippen molar-refractivity contribution in [2.75, 3.05) is 13.2 Å². The maximum atomic E-state index is 5.07. The standard InChI is InChI=1S/C5H10O.GeH4/c1-2-4-6-5-3-1;/h1-5H2;1H4. The molecule has 0 aromatic rings.